The number of rotatable bonds is 4. The van der Waals surface area contributed by atoms with E-state index < -0.39 is 5.72 Å². The summed E-state index contributed by atoms with van der Waals surface area (Å²) >= 11 is 0. The maximum Gasteiger partial charge on any atom is 0.129 e. The molecule has 2 rings (SSSR count). The van der Waals surface area contributed by atoms with Gasteiger partial charge in [-0.05, 0) is 31.5 Å². The van der Waals surface area contributed by atoms with Crippen LogP contribution in [0.25, 0.3) is 12.2 Å². The third kappa shape index (κ3) is 4.26. The summed E-state index contributed by atoms with van der Waals surface area (Å²) in [5.74, 6) is 0. The minimum Gasteiger partial charge on any atom is -0.399 e. The number of nitrogen functional groups attached to an aromatic ring is 2. The van der Waals surface area contributed by atoms with E-state index in [2.05, 4.69) is 5.32 Å². The van der Waals surface area contributed by atoms with E-state index in [1.54, 1.807) is 26.0 Å². The predicted octanol–water partition coefficient (Wildman–Crippen LogP) is 3.16. The van der Waals surface area contributed by atoms with Gasteiger partial charge in [0.2, 0.25) is 0 Å². The van der Waals surface area contributed by atoms with Gasteiger partial charge in [-0.1, -0.05) is 42.5 Å². The van der Waals surface area contributed by atoms with Gasteiger partial charge in [0.15, 0.2) is 0 Å². The molecule has 0 aliphatic rings. The zero-order valence-corrected chi connectivity index (χ0v) is 12.3. The highest BCUT2D eigenvalue weighted by Crippen LogP contribution is 2.29. The maximum absolute atomic E-state index is 9.95. The Morgan fingerprint density at radius 2 is 1.71 bits per heavy atom. The lowest BCUT2D eigenvalue weighted by Crippen LogP contribution is -2.30. The first kappa shape index (κ1) is 14.9. The van der Waals surface area contributed by atoms with E-state index in [9.17, 15) is 5.11 Å². The molecule has 0 bridgehead atoms. The second kappa shape index (κ2) is 5.89. The minimum absolute atomic E-state index is 0.552. The van der Waals surface area contributed by atoms with Crippen LogP contribution >= 0.6 is 0 Å². The van der Waals surface area contributed by atoms with Gasteiger partial charge in [-0.2, -0.15) is 0 Å². The molecule has 0 aromatic heterocycles. The van der Waals surface area contributed by atoms with Crippen molar-refractivity contribution in [2.75, 3.05) is 16.8 Å². The molecular weight excluding hydrogens is 262 g/mol. The van der Waals surface area contributed by atoms with Gasteiger partial charge in [-0.3, -0.25) is 0 Å². The molecule has 0 heterocycles. The molecule has 0 aliphatic heterocycles. The van der Waals surface area contributed by atoms with E-state index >= 15 is 0 Å². The van der Waals surface area contributed by atoms with Gasteiger partial charge in [0, 0.05) is 22.6 Å². The number of hydrogen-bond donors (Lipinski definition) is 4. The van der Waals surface area contributed by atoms with Gasteiger partial charge in [0.25, 0.3) is 0 Å². The summed E-state index contributed by atoms with van der Waals surface area (Å²) in [5, 5.41) is 13.0. The summed E-state index contributed by atoms with van der Waals surface area (Å²) in [7, 11) is 0. The van der Waals surface area contributed by atoms with Crippen LogP contribution in [-0.4, -0.2) is 10.8 Å². The Labute approximate surface area is 125 Å². The van der Waals surface area contributed by atoms with Gasteiger partial charge in [-0.15, -0.1) is 0 Å². The van der Waals surface area contributed by atoms with Crippen LogP contribution in [-0.2, 0) is 0 Å². The second-order valence-electron chi connectivity index (χ2n) is 5.50. The molecule has 0 saturated heterocycles. The number of nitrogens with two attached hydrogens (primary N) is 2. The number of hydrogen-bond acceptors (Lipinski definition) is 4. The van der Waals surface area contributed by atoms with Crippen molar-refractivity contribution in [1.29, 1.82) is 0 Å². The third-order valence-corrected chi connectivity index (χ3v) is 2.92. The molecule has 2 aromatic carbocycles. The first-order chi connectivity index (χ1) is 9.85. The smallest absolute Gasteiger partial charge is 0.129 e. The fraction of sp³-hybridized carbons (Fsp3) is 0.176. The Kier molecular flexibility index (Phi) is 4.19. The first-order valence-electron chi connectivity index (χ1n) is 6.78. The quantitative estimate of drug-likeness (QED) is 0.394. The molecule has 4 heteroatoms. The van der Waals surface area contributed by atoms with Gasteiger partial charge >= 0.3 is 0 Å². The topological polar surface area (TPSA) is 84.3 Å². The van der Waals surface area contributed by atoms with Gasteiger partial charge in [0.05, 0.1) is 0 Å². The molecule has 0 atom stereocenters. The van der Waals surface area contributed by atoms with Crippen LogP contribution in [0.3, 0.4) is 0 Å². The molecule has 0 radical (unpaired) electrons. The lowest BCUT2D eigenvalue weighted by Gasteiger charge is -2.23. The predicted molar refractivity (Wildman–Crippen MR) is 90.6 cm³/mol. The normalized spacial score (nSPS) is 11.8. The fourth-order valence-corrected chi connectivity index (χ4v) is 2.06. The SMILES string of the molecule is CC(C)(O)Nc1cc(N)cc(N)c1C=Cc1ccccc1. The summed E-state index contributed by atoms with van der Waals surface area (Å²) in [4.78, 5) is 0. The van der Waals surface area contributed by atoms with E-state index in [-0.39, 0.29) is 0 Å². The van der Waals surface area contributed by atoms with Gasteiger partial charge < -0.3 is 21.9 Å². The molecule has 21 heavy (non-hydrogen) atoms. The summed E-state index contributed by atoms with van der Waals surface area (Å²) < 4.78 is 0. The Balaban J connectivity index is 2.40. The van der Waals surface area contributed by atoms with Crippen LogP contribution in [0.15, 0.2) is 42.5 Å². The molecular formula is C17H21N3O. The number of nitrogens with one attached hydrogen (secondary N) is 1. The summed E-state index contributed by atoms with van der Waals surface area (Å²) in [5.41, 5.74) is 14.5. The van der Waals surface area contributed by atoms with Crippen LogP contribution < -0.4 is 16.8 Å². The Bertz CT molecular complexity index is 643. The highest BCUT2D eigenvalue weighted by atomic mass is 16.3. The van der Waals surface area contributed by atoms with Crippen molar-refractivity contribution in [3.05, 3.63) is 53.6 Å². The van der Waals surface area contributed by atoms with E-state index in [0.29, 0.717) is 17.1 Å². The molecule has 0 amide bonds. The Morgan fingerprint density at radius 1 is 1.05 bits per heavy atom. The van der Waals surface area contributed by atoms with Crippen molar-refractivity contribution >= 4 is 29.2 Å². The average molecular weight is 283 g/mol. The fourth-order valence-electron chi connectivity index (χ4n) is 2.06. The van der Waals surface area contributed by atoms with Crippen LogP contribution in [0, 0.1) is 0 Å². The van der Waals surface area contributed by atoms with Crippen LogP contribution in [0.4, 0.5) is 17.1 Å². The zero-order chi connectivity index (χ0) is 15.5. The number of aliphatic hydroxyl groups is 1. The molecule has 6 N–H and O–H groups in total. The number of benzene rings is 2. The standard InChI is InChI=1S/C17H21N3O/c1-17(2,21)20-16-11-13(18)10-15(19)14(16)9-8-12-6-4-3-5-7-12/h3-11,20-21H,18-19H2,1-2H3. The lowest BCUT2D eigenvalue weighted by molar-refractivity contribution is 0.111. The van der Waals surface area contributed by atoms with Crippen LogP contribution in [0.1, 0.15) is 25.0 Å². The zero-order valence-electron chi connectivity index (χ0n) is 12.3. The lowest BCUT2D eigenvalue weighted by atomic mass is 10.1. The molecule has 0 spiro atoms. The van der Waals surface area contributed by atoms with Crippen molar-refractivity contribution in [2.45, 2.75) is 19.6 Å². The Morgan fingerprint density at radius 3 is 2.33 bits per heavy atom. The van der Waals surface area contributed by atoms with E-state index in [0.717, 1.165) is 11.1 Å². The molecule has 0 saturated carbocycles. The third-order valence-electron chi connectivity index (χ3n) is 2.92. The number of anilines is 3. The van der Waals surface area contributed by atoms with Crippen molar-refractivity contribution < 1.29 is 5.11 Å². The van der Waals surface area contributed by atoms with E-state index in [1.165, 1.54) is 0 Å². The van der Waals surface area contributed by atoms with E-state index in [4.69, 9.17) is 11.5 Å². The van der Waals surface area contributed by atoms with Gasteiger partial charge in [-0.25, -0.2) is 0 Å². The Hall–Kier alpha value is -2.46. The molecule has 0 fully saturated rings. The molecule has 2 aromatic rings. The first-order valence-corrected chi connectivity index (χ1v) is 6.78. The highest BCUT2D eigenvalue weighted by Gasteiger charge is 2.15. The van der Waals surface area contributed by atoms with Crippen molar-refractivity contribution in [1.82, 2.24) is 0 Å². The monoisotopic (exact) mass is 283 g/mol. The summed E-state index contributed by atoms with van der Waals surface area (Å²) in [6.07, 6.45) is 3.88. The minimum atomic E-state index is -1.06. The molecule has 4 nitrogen and oxygen atoms in total. The van der Waals surface area contributed by atoms with Crippen LogP contribution in [0.2, 0.25) is 0 Å². The molecule has 110 valence electrons. The van der Waals surface area contributed by atoms with Gasteiger partial charge in [0.1, 0.15) is 5.72 Å². The molecule has 0 aliphatic carbocycles. The second-order valence-corrected chi connectivity index (χ2v) is 5.50. The summed E-state index contributed by atoms with van der Waals surface area (Å²) in [6, 6.07) is 13.4. The van der Waals surface area contributed by atoms with E-state index in [1.807, 2.05) is 42.5 Å². The van der Waals surface area contributed by atoms with Crippen molar-refractivity contribution in [2.24, 2.45) is 0 Å². The van der Waals surface area contributed by atoms with Crippen molar-refractivity contribution in [3.8, 4) is 0 Å². The highest BCUT2D eigenvalue weighted by molar-refractivity contribution is 5.86. The largest absolute Gasteiger partial charge is 0.399 e. The maximum atomic E-state index is 9.95. The van der Waals surface area contributed by atoms with Crippen LogP contribution in [0.5, 0.6) is 0 Å². The molecule has 0 unspecified atom stereocenters. The summed E-state index contributed by atoms with van der Waals surface area (Å²) in [6.45, 7) is 3.33. The average Bonchev–Trinajstić information content (AvgIpc) is 2.36. The van der Waals surface area contributed by atoms with Crippen molar-refractivity contribution in [3.63, 3.8) is 0 Å².